The van der Waals surface area contributed by atoms with Gasteiger partial charge >= 0.3 is 0 Å². The van der Waals surface area contributed by atoms with E-state index in [1.165, 1.54) is 18.0 Å². The summed E-state index contributed by atoms with van der Waals surface area (Å²) in [5.41, 5.74) is 13.4. The zero-order valence-corrected chi connectivity index (χ0v) is 14.6. The highest BCUT2D eigenvalue weighted by Gasteiger charge is 1.93. The number of allylic oxidation sites excluding steroid dienone is 2. The maximum Gasteiger partial charge on any atom is 0.143 e. The average Bonchev–Trinajstić information content (AvgIpc) is 2.38. The maximum absolute atomic E-state index is 5.38. The summed E-state index contributed by atoms with van der Waals surface area (Å²) in [6.07, 6.45) is 6.21. The van der Waals surface area contributed by atoms with E-state index in [0.717, 1.165) is 11.3 Å². The number of aromatic nitrogens is 4. The summed E-state index contributed by atoms with van der Waals surface area (Å²) in [5.74, 6) is 0.861. The molecule has 7 heteroatoms. The molecule has 0 saturated carbocycles. The highest BCUT2D eigenvalue weighted by Crippen LogP contribution is 2.06. The molecular formula is C15H21BrN6. The van der Waals surface area contributed by atoms with Gasteiger partial charge in [0.2, 0.25) is 0 Å². The lowest BCUT2D eigenvalue weighted by atomic mass is 10.3. The summed E-state index contributed by atoms with van der Waals surface area (Å²) in [7, 11) is 0. The zero-order chi connectivity index (χ0) is 17.1. The number of nitrogens with two attached hydrogens (primary N) is 2. The monoisotopic (exact) mass is 364 g/mol. The molecule has 6 nitrogen and oxygen atoms in total. The molecule has 2 heterocycles. The Bertz CT molecular complexity index is 606. The lowest BCUT2D eigenvalue weighted by molar-refractivity contribution is 1.18. The predicted molar refractivity (Wildman–Crippen MR) is 95.8 cm³/mol. The Morgan fingerprint density at radius 1 is 0.909 bits per heavy atom. The first-order chi connectivity index (χ1) is 10.2. The van der Waals surface area contributed by atoms with Gasteiger partial charge in [-0.15, -0.1) is 6.58 Å². The molecule has 22 heavy (non-hydrogen) atoms. The SMILES string of the molecule is C=C(C)C.C=C(C)c1cncc(N)n1.Nc1cncc(Br)n1. The number of rotatable bonds is 1. The van der Waals surface area contributed by atoms with Crippen LogP contribution < -0.4 is 11.5 Å². The van der Waals surface area contributed by atoms with Gasteiger partial charge in [-0.1, -0.05) is 12.2 Å². The van der Waals surface area contributed by atoms with Crippen LogP contribution in [0.25, 0.3) is 5.57 Å². The van der Waals surface area contributed by atoms with E-state index in [4.69, 9.17) is 11.5 Å². The fraction of sp³-hybridized carbons (Fsp3) is 0.200. The van der Waals surface area contributed by atoms with Crippen molar-refractivity contribution in [2.45, 2.75) is 20.8 Å². The van der Waals surface area contributed by atoms with E-state index in [1.807, 2.05) is 20.8 Å². The van der Waals surface area contributed by atoms with Crippen molar-refractivity contribution in [3.63, 3.8) is 0 Å². The Balaban J connectivity index is 0.000000330. The highest BCUT2D eigenvalue weighted by atomic mass is 79.9. The van der Waals surface area contributed by atoms with Crippen molar-refractivity contribution in [3.05, 3.63) is 53.8 Å². The summed E-state index contributed by atoms with van der Waals surface area (Å²) >= 11 is 3.11. The van der Waals surface area contributed by atoms with Gasteiger partial charge in [-0.3, -0.25) is 9.97 Å². The Kier molecular flexibility index (Phi) is 9.36. The van der Waals surface area contributed by atoms with Gasteiger partial charge in [0.25, 0.3) is 0 Å². The van der Waals surface area contributed by atoms with Crippen molar-refractivity contribution < 1.29 is 0 Å². The van der Waals surface area contributed by atoms with E-state index < -0.39 is 0 Å². The topological polar surface area (TPSA) is 104 Å². The molecule has 0 bridgehead atoms. The molecule has 0 fully saturated rings. The quantitative estimate of drug-likeness (QED) is 0.750. The first kappa shape index (κ1) is 19.7. The summed E-state index contributed by atoms with van der Waals surface area (Å²) < 4.78 is 0.664. The first-order valence-corrected chi connectivity index (χ1v) is 7.10. The van der Waals surface area contributed by atoms with Gasteiger partial charge in [-0.25, -0.2) is 9.97 Å². The molecule has 0 saturated heterocycles. The van der Waals surface area contributed by atoms with Crippen molar-refractivity contribution in [2.24, 2.45) is 0 Å². The second kappa shape index (κ2) is 10.4. The van der Waals surface area contributed by atoms with Gasteiger partial charge in [0.15, 0.2) is 0 Å². The Hall–Kier alpha value is -2.28. The molecule has 0 unspecified atom stereocenters. The summed E-state index contributed by atoms with van der Waals surface area (Å²) in [5, 5.41) is 0. The van der Waals surface area contributed by atoms with E-state index in [2.05, 4.69) is 49.0 Å². The highest BCUT2D eigenvalue weighted by molar-refractivity contribution is 9.10. The Morgan fingerprint density at radius 2 is 1.36 bits per heavy atom. The molecule has 2 aromatic heterocycles. The smallest absolute Gasteiger partial charge is 0.143 e. The number of hydrogen-bond acceptors (Lipinski definition) is 6. The van der Waals surface area contributed by atoms with E-state index >= 15 is 0 Å². The molecule has 118 valence electrons. The molecule has 0 aromatic carbocycles. The third-order valence-corrected chi connectivity index (χ3v) is 2.10. The first-order valence-electron chi connectivity index (χ1n) is 6.31. The fourth-order valence-corrected chi connectivity index (χ4v) is 1.27. The largest absolute Gasteiger partial charge is 0.382 e. The van der Waals surface area contributed by atoms with E-state index in [0.29, 0.717) is 16.2 Å². The maximum atomic E-state index is 5.38. The Labute approximate surface area is 139 Å². The normalized spacial score (nSPS) is 8.73. The molecule has 0 aliphatic heterocycles. The second-order valence-corrected chi connectivity index (χ2v) is 5.40. The third kappa shape index (κ3) is 10.5. The van der Waals surface area contributed by atoms with Gasteiger partial charge in [0, 0.05) is 0 Å². The standard InChI is InChI=1S/C7H9N3.C4H4BrN3.C4H8/c1-5(2)6-3-9-4-7(8)10-6;5-3-1-7-2-4(6)8-3;1-4(2)3/h3-4H,1H2,2H3,(H2,8,10);1-2H,(H2,6,8);1H2,2-3H3. The van der Waals surface area contributed by atoms with Gasteiger partial charge in [0.05, 0.1) is 30.5 Å². The van der Waals surface area contributed by atoms with E-state index in [9.17, 15) is 0 Å². The number of halogens is 1. The van der Waals surface area contributed by atoms with Crippen LogP contribution in [0.2, 0.25) is 0 Å². The molecule has 2 rings (SSSR count). The van der Waals surface area contributed by atoms with Crippen LogP contribution in [0, 0.1) is 0 Å². The van der Waals surface area contributed by atoms with Crippen LogP contribution in [0.1, 0.15) is 26.5 Å². The van der Waals surface area contributed by atoms with Crippen molar-refractivity contribution in [1.29, 1.82) is 0 Å². The second-order valence-electron chi connectivity index (χ2n) is 4.58. The van der Waals surface area contributed by atoms with Crippen molar-refractivity contribution in [2.75, 3.05) is 11.5 Å². The third-order valence-electron chi connectivity index (χ3n) is 1.71. The minimum Gasteiger partial charge on any atom is -0.382 e. The number of nitrogen functional groups attached to an aromatic ring is 2. The van der Waals surface area contributed by atoms with Crippen LogP contribution in [0.5, 0.6) is 0 Å². The van der Waals surface area contributed by atoms with Crippen LogP contribution in [0.3, 0.4) is 0 Å². The van der Waals surface area contributed by atoms with Crippen molar-refractivity contribution >= 4 is 33.1 Å². The molecule has 0 aliphatic carbocycles. The van der Waals surface area contributed by atoms with Gasteiger partial charge < -0.3 is 11.5 Å². The van der Waals surface area contributed by atoms with Crippen LogP contribution in [0.15, 0.2) is 48.1 Å². The molecule has 0 amide bonds. The van der Waals surface area contributed by atoms with Crippen LogP contribution in [0.4, 0.5) is 11.6 Å². The number of anilines is 2. The zero-order valence-electron chi connectivity index (χ0n) is 13.0. The molecular weight excluding hydrogens is 344 g/mol. The molecule has 0 spiro atoms. The average molecular weight is 365 g/mol. The van der Waals surface area contributed by atoms with Gasteiger partial charge in [0.1, 0.15) is 16.2 Å². The van der Waals surface area contributed by atoms with E-state index in [-0.39, 0.29) is 0 Å². The predicted octanol–water partition coefficient (Wildman–Crippen LogP) is 3.50. The van der Waals surface area contributed by atoms with Crippen LogP contribution >= 0.6 is 15.9 Å². The summed E-state index contributed by atoms with van der Waals surface area (Å²) in [6, 6.07) is 0. The fourth-order valence-electron chi connectivity index (χ4n) is 0.943. The lowest BCUT2D eigenvalue weighted by Gasteiger charge is -1.96. The molecule has 0 atom stereocenters. The van der Waals surface area contributed by atoms with E-state index in [1.54, 1.807) is 12.4 Å². The minimum atomic E-state index is 0.430. The van der Waals surface area contributed by atoms with Crippen molar-refractivity contribution in [1.82, 2.24) is 19.9 Å². The van der Waals surface area contributed by atoms with Gasteiger partial charge in [-0.05, 0) is 42.3 Å². The molecule has 2 aromatic rings. The minimum absolute atomic E-state index is 0.430. The number of hydrogen-bond donors (Lipinski definition) is 2. The lowest BCUT2D eigenvalue weighted by Crippen LogP contribution is -1.94. The summed E-state index contributed by atoms with van der Waals surface area (Å²) in [4.78, 5) is 15.4. The Morgan fingerprint density at radius 3 is 1.64 bits per heavy atom. The van der Waals surface area contributed by atoms with Gasteiger partial charge in [-0.2, -0.15) is 0 Å². The molecule has 4 N–H and O–H groups in total. The molecule has 0 aliphatic rings. The van der Waals surface area contributed by atoms with Crippen LogP contribution in [-0.4, -0.2) is 19.9 Å². The van der Waals surface area contributed by atoms with Crippen molar-refractivity contribution in [3.8, 4) is 0 Å². The van der Waals surface area contributed by atoms with Crippen LogP contribution in [-0.2, 0) is 0 Å². The number of nitrogens with zero attached hydrogens (tertiary/aromatic N) is 4. The summed E-state index contributed by atoms with van der Waals surface area (Å²) in [6.45, 7) is 13.1. The molecule has 0 radical (unpaired) electrons.